The molecule has 1 saturated carbocycles. The molecule has 3 aromatic rings. The number of aromatic nitrogens is 1. The number of carbonyl (C=O) groups excluding carboxylic acids is 1. The molecular formula is C23H23ClN4O3. The molecule has 2 heterocycles. The fraction of sp³-hybridized carbons (Fsp3) is 0.304. The Morgan fingerprint density at radius 3 is 2.65 bits per heavy atom. The molecule has 3 N–H and O–H groups in total. The van der Waals surface area contributed by atoms with E-state index in [-0.39, 0.29) is 18.9 Å². The Balaban J connectivity index is 1.13. The Bertz CT molecular complexity index is 1120. The molecule has 1 aromatic heterocycles. The minimum absolute atomic E-state index is 0.153. The second-order valence-corrected chi connectivity index (χ2v) is 8.32. The van der Waals surface area contributed by atoms with Gasteiger partial charge in [0.05, 0.1) is 5.52 Å². The van der Waals surface area contributed by atoms with Gasteiger partial charge in [0.2, 0.25) is 6.79 Å². The topological polar surface area (TPSA) is 84.5 Å². The highest BCUT2D eigenvalue weighted by Crippen LogP contribution is 2.34. The van der Waals surface area contributed by atoms with E-state index >= 15 is 0 Å². The normalized spacial score (nSPS) is 19.8. The predicted octanol–water partition coefficient (Wildman–Crippen LogP) is 5.16. The SMILES string of the molecule is O=C(Nc1ccc2c(c1)OCO2)N[C@H]1CC[C@@H](Nc2ccnc3cc(Cl)ccc23)CC1. The number of pyridine rings is 1. The summed E-state index contributed by atoms with van der Waals surface area (Å²) in [5.41, 5.74) is 2.63. The van der Waals surface area contributed by atoms with Crippen molar-refractivity contribution >= 4 is 39.9 Å². The number of halogens is 1. The molecule has 2 amide bonds. The van der Waals surface area contributed by atoms with Gasteiger partial charge in [0.15, 0.2) is 11.5 Å². The highest BCUT2D eigenvalue weighted by atomic mass is 35.5. The second kappa shape index (κ2) is 8.51. The van der Waals surface area contributed by atoms with Gasteiger partial charge in [0.25, 0.3) is 0 Å². The minimum Gasteiger partial charge on any atom is -0.454 e. The van der Waals surface area contributed by atoms with E-state index in [1.807, 2.05) is 24.3 Å². The van der Waals surface area contributed by atoms with Crippen molar-refractivity contribution in [3.05, 3.63) is 53.7 Å². The third-order valence-corrected chi connectivity index (χ3v) is 5.99. The van der Waals surface area contributed by atoms with E-state index in [1.54, 1.807) is 24.4 Å². The lowest BCUT2D eigenvalue weighted by Gasteiger charge is -2.30. The zero-order chi connectivity index (χ0) is 21.2. The van der Waals surface area contributed by atoms with Gasteiger partial charge >= 0.3 is 6.03 Å². The van der Waals surface area contributed by atoms with Crippen LogP contribution in [0.15, 0.2) is 48.7 Å². The molecule has 160 valence electrons. The Morgan fingerprint density at radius 2 is 1.77 bits per heavy atom. The zero-order valence-corrected chi connectivity index (χ0v) is 17.6. The first-order valence-corrected chi connectivity index (χ1v) is 10.8. The third kappa shape index (κ3) is 4.46. The Morgan fingerprint density at radius 1 is 0.968 bits per heavy atom. The number of hydrogen-bond acceptors (Lipinski definition) is 5. The molecule has 5 rings (SSSR count). The lowest BCUT2D eigenvalue weighted by atomic mass is 9.91. The number of carbonyl (C=O) groups is 1. The monoisotopic (exact) mass is 438 g/mol. The largest absolute Gasteiger partial charge is 0.454 e. The lowest BCUT2D eigenvalue weighted by molar-refractivity contribution is 0.174. The van der Waals surface area contributed by atoms with E-state index in [0.717, 1.165) is 42.3 Å². The molecule has 1 fully saturated rings. The van der Waals surface area contributed by atoms with Crippen molar-refractivity contribution in [3.63, 3.8) is 0 Å². The summed E-state index contributed by atoms with van der Waals surface area (Å²) in [5, 5.41) is 11.3. The molecule has 1 aliphatic carbocycles. The van der Waals surface area contributed by atoms with E-state index in [4.69, 9.17) is 21.1 Å². The number of benzene rings is 2. The quantitative estimate of drug-likeness (QED) is 0.523. The highest BCUT2D eigenvalue weighted by molar-refractivity contribution is 6.31. The van der Waals surface area contributed by atoms with Gasteiger partial charge in [-0.15, -0.1) is 0 Å². The molecule has 1 aliphatic heterocycles. The molecule has 0 atom stereocenters. The number of anilines is 2. The molecule has 0 saturated heterocycles. The number of nitrogens with one attached hydrogen (secondary N) is 3. The van der Waals surface area contributed by atoms with Gasteiger partial charge in [0, 0.05) is 46.1 Å². The standard InChI is InChI=1S/C23H23ClN4O3/c24-14-1-7-18-19(9-10-25-20(18)11-14)26-15-2-4-16(5-3-15)27-23(29)28-17-6-8-21-22(12-17)31-13-30-21/h1,6-12,15-16H,2-5,13H2,(H,25,26)(H2,27,28,29)/t15-,16+. The van der Waals surface area contributed by atoms with E-state index in [9.17, 15) is 4.79 Å². The Hall–Kier alpha value is -3.19. The van der Waals surface area contributed by atoms with E-state index in [0.29, 0.717) is 28.3 Å². The summed E-state index contributed by atoms with van der Waals surface area (Å²) >= 11 is 6.08. The number of urea groups is 1. The van der Waals surface area contributed by atoms with Crippen LogP contribution in [0.2, 0.25) is 5.02 Å². The summed E-state index contributed by atoms with van der Waals surface area (Å²) < 4.78 is 10.6. The number of nitrogens with zero attached hydrogens (tertiary/aromatic N) is 1. The van der Waals surface area contributed by atoms with Gasteiger partial charge < -0.3 is 25.4 Å². The van der Waals surface area contributed by atoms with Crippen LogP contribution in [0.3, 0.4) is 0 Å². The van der Waals surface area contributed by atoms with Crippen molar-refractivity contribution in [3.8, 4) is 11.5 Å². The molecule has 0 bridgehead atoms. The molecule has 31 heavy (non-hydrogen) atoms. The van der Waals surface area contributed by atoms with Crippen LogP contribution in [-0.4, -0.2) is 29.9 Å². The average Bonchev–Trinajstić information content (AvgIpc) is 3.23. The molecule has 0 spiro atoms. The Labute approximate surface area is 185 Å². The first kappa shape index (κ1) is 19.8. The predicted molar refractivity (Wildman–Crippen MR) is 121 cm³/mol. The molecule has 2 aromatic carbocycles. The van der Waals surface area contributed by atoms with Crippen LogP contribution in [0.4, 0.5) is 16.2 Å². The minimum atomic E-state index is -0.202. The summed E-state index contributed by atoms with van der Waals surface area (Å²) in [5.74, 6) is 1.34. The van der Waals surface area contributed by atoms with Crippen LogP contribution in [0.1, 0.15) is 25.7 Å². The maximum absolute atomic E-state index is 12.4. The Kier molecular flexibility index (Phi) is 5.42. The van der Waals surface area contributed by atoms with Gasteiger partial charge in [-0.1, -0.05) is 11.6 Å². The van der Waals surface area contributed by atoms with Crippen molar-refractivity contribution in [1.29, 1.82) is 0 Å². The number of hydrogen-bond donors (Lipinski definition) is 3. The molecule has 0 radical (unpaired) electrons. The highest BCUT2D eigenvalue weighted by Gasteiger charge is 2.23. The second-order valence-electron chi connectivity index (χ2n) is 7.88. The van der Waals surface area contributed by atoms with Gasteiger partial charge in [-0.05, 0) is 62.1 Å². The first-order valence-electron chi connectivity index (χ1n) is 10.4. The fourth-order valence-corrected chi connectivity index (χ4v) is 4.34. The number of rotatable bonds is 4. The van der Waals surface area contributed by atoms with Crippen LogP contribution in [-0.2, 0) is 0 Å². The van der Waals surface area contributed by atoms with Crippen LogP contribution in [0, 0.1) is 0 Å². The van der Waals surface area contributed by atoms with Gasteiger partial charge in [-0.2, -0.15) is 0 Å². The summed E-state index contributed by atoms with van der Waals surface area (Å²) in [6.45, 7) is 0.214. The molecular weight excluding hydrogens is 416 g/mol. The maximum Gasteiger partial charge on any atom is 0.319 e. The maximum atomic E-state index is 12.4. The third-order valence-electron chi connectivity index (χ3n) is 5.76. The van der Waals surface area contributed by atoms with Crippen LogP contribution in [0.5, 0.6) is 11.5 Å². The summed E-state index contributed by atoms with van der Waals surface area (Å²) in [7, 11) is 0. The van der Waals surface area contributed by atoms with Crippen LogP contribution in [0.25, 0.3) is 10.9 Å². The van der Waals surface area contributed by atoms with Crippen molar-refractivity contribution in [2.24, 2.45) is 0 Å². The summed E-state index contributed by atoms with van der Waals surface area (Å²) in [6, 6.07) is 13.4. The zero-order valence-electron chi connectivity index (χ0n) is 16.9. The number of ether oxygens (including phenoxy) is 2. The average molecular weight is 439 g/mol. The van der Waals surface area contributed by atoms with Crippen LogP contribution < -0.4 is 25.4 Å². The van der Waals surface area contributed by atoms with E-state index in [2.05, 4.69) is 20.9 Å². The van der Waals surface area contributed by atoms with Gasteiger partial charge in [0.1, 0.15) is 0 Å². The van der Waals surface area contributed by atoms with Crippen molar-refractivity contribution in [1.82, 2.24) is 10.3 Å². The summed E-state index contributed by atoms with van der Waals surface area (Å²) in [4.78, 5) is 16.8. The molecule has 7 nitrogen and oxygen atoms in total. The molecule has 2 aliphatic rings. The van der Waals surface area contributed by atoms with Crippen molar-refractivity contribution in [2.75, 3.05) is 17.4 Å². The van der Waals surface area contributed by atoms with Crippen molar-refractivity contribution in [2.45, 2.75) is 37.8 Å². The molecule has 0 unspecified atom stereocenters. The smallest absolute Gasteiger partial charge is 0.319 e. The van der Waals surface area contributed by atoms with Crippen molar-refractivity contribution < 1.29 is 14.3 Å². The first-order chi connectivity index (χ1) is 15.1. The molecule has 8 heteroatoms. The van der Waals surface area contributed by atoms with Gasteiger partial charge in [-0.3, -0.25) is 4.98 Å². The number of amides is 2. The summed E-state index contributed by atoms with van der Waals surface area (Å²) in [6.07, 6.45) is 5.59. The lowest BCUT2D eigenvalue weighted by Crippen LogP contribution is -2.42. The fourth-order valence-electron chi connectivity index (χ4n) is 4.18. The van der Waals surface area contributed by atoms with E-state index < -0.39 is 0 Å². The number of fused-ring (bicyclic) bond motifs is 2. The van der Waals surface area contributed by atoms with Crippen LogP contribution >= 0.6 is 11.6 Å². The van der Waals surface area contributed by atoms with Gasteiger partial charge in [-0.25, -0.2) is 4.79 Å². The van der Waals surface area contributed by atoms with E-state index in [1.165, 1.54) is 0 Å².